The van der Waals surface area contributed by atoms with Gasteiger partial charge in [0.25, 0.3) is 0 Å². The van der Waals surface area contributed by atoms with Crippen LogP contribution in [0.2, 0.25) is 5.02 Å². The van der Waals surface area contributed by atoms with Crippen LogP contribution in [0.25, 0.3) is 10.8 Å². The Morgan fingerprint density at radius 1 is 1.36 bits per heavy atom. The summed E-state index contributed by atoms with van der Waals surface area (Å²) in [7, 11) is 0. The van der Waals surface area contributed by atoms with Crippen molar-refractivity contribution >= 4 is 44.1 Å². The normalized spacial score (nSPS) is 10.8. The summed E-state index contributed by atoms with van der Waals surface area (Å²) in [6.07, 6.45) is 1.70. The third-order valence-corrected chi connectivity index (χ3v) is 3.19. The van der Waals surface area contributed by atoms with Gasteiger partial charge in [-0.15, -0.1) is 0 Å². The summed E-state index contributed by atoms with van der Waals surface area (Å²) in [6, 6.07) is 3.85. The van der Waals surface area contributed by atoms with Crippen LogP contribution in [-0.4, -0.2) is 4.98 Å². The predicted octanol–water partition coefficient (Wildman–Crippen LogP) is 3.54. The van der Waals surface area contributed by atoms with E-state index < -0.39 is 0 Å². The highest BCUT2D eigenvalue weighted by Crippen LogP contribution is 2.31. The topological polar surface area (TPSA) is 38.9 Å². The van der Waals surface area contributed by atoms with Crippen LogP contribution < -0.4 is 5.73 Å². The van der Waals surface area contributed by atoms with Crippen molar-refractivity contribution in [3.8, 4) is 0 Å². The fourth-order valence-corrected chi connectivity index (χ4v) is 1.95. The van der Waals surface area contributed by atoms with Gasteiger partial charge in [0.2, 0.25) is 0 Å². The second-order valence-corrected chi connectivity index (χ2v) is 4.40. The molecule has 0 unspecified atom stereocenters. The third kappa shape index (κ3) is 1.47. The lowest BCUT2D eigenvalue weighted by Gasteiger charge is -2.06. The Morgan fingerprint density at radius 2 is 2.07 bits per heavy atom. The molecule has 0 aliphatic carbocycles. The van der Waals surface area contributed by atoms with E-state index in [1.165, 1.54) is 0 Å². The molecule has 1 heterocycles. The monoisotopic (exact) mass is 270 g/mol. The minimum atomic E-state index is 0.505. The molecule has 0 aliphatic rings. The highest BCUT2D eigenvalue weighted by atomic mass is 79.9. The molecule has 4 heteroatoms. The molecule has 1 aromatic heterocycles. The summed E-state index contributed by atoms with van der Waals surface area (Å²) in [6.45, 7) is 1.96. The largest absolute Gasteiger partial charge is 0.383 e. The van der Waals surface area contributed by atoms with Crippen molar-refractivity contribution in [1.82, 2.24) is 4.98 Å². The average molecular weight is 272 g/mol. The van der Waals surface area contributed by atoms with Gasteiger partial charge in [-0.3, -0.25) is 0 Å². The van der Waals surface area contributed by atoms with Gasteiger partial charge in [0, 0.05) is 26.5 Å². The van der Waals surface area contributed by atoms with Crippen molar-refractivity contribution in [1.29, 1.82) is 0 Å². The standard InChI is InChI=1S/C10H8BrClN2/c1-5-2-6-7(3-9(5)12)10(13)14-4-8(6)11/h2-4H,1H3,(H2,13,14). The number of nitrogens with two attached hydrogens (primary N) is 1. The number of nitrogen functional groups attached to an aromatic ring is 1. The minimum Gasteiger partial charge on any atom is -0.383 e. The van der Waals surface area contributed by atoms with Gasteiger partial charge in [0.15, 0.2) is 0 Å². The van der Waals surface area contributed by atoms with E-state index in [0.717, 1.165) is 20.8 Å². The number of aryl methyl sites for hydroxylation is 1. The maximum absolute atomic E-state index is 6.01. The summed E-state index contributed by atoms with van der Waals surface area (Å²) in [5.74, 6) is 0.505. The molecule has 0 radical (unpaired) electrons. The molecule has 0 bridgehead atoms. The van der Waals surface area contributed by atoms with Gasteiger partial charge in [-0.25, -0.2) is 4.98 Å². The number of pyridine rings is 1. The number of anilines is 1. The molecule has 72 valence electrons. The predicted molar refractivity (Wildman–Crippen MR) is 63.6 cm³/mol. The number of rotatable bonds is 0. The Hall–Kier alpha value is -0.800. The Bertz CT molecular complexity index is 464. The van der Waals surface area contributed by atoms with Gasteiger partial charge in [-0.05, 0) is 40.5 Å². The van der Waals surface area contributed by atoms with E-state index in [1.54, 1.807) is 6.20 Å². The Morgan fingerprint density at radius 3 is 2.79 bits per heavy atom. The van der Waals surface area contributed by atoms with Gasteiger partial charge in [0.05, 0.1) is 0 Å². The molecule has 0 aliphatic heterocycles. The molecule has 14 heavy (non-hydrogen) atoms. The summed E-state index contributed by atoms with van der Waals surface area (Å²) in [4.78, 5) is 4.05. The molecule has 2 nitrogen and oxygen atoms in total. The number of fused-ring (bicyclic) bond motifs is 1. The SMILES string of the molecule is Cc1cc2c(Br)cnc(N)c2cc1Cl. The quantitative estimate of drug-likeness (QED) is 0.796. The van der Waals surface area contributed by atoms with Gasteiger partial charge in [-0.2, -0.15) is 0 Å². The van der Waals surface area contributed by atoms with Gasteiger partial charge < -0.3 is 5.73 Å². The van der Waals surface area contributed by atoms with Crippen LogP contribution >= 0.6 is 27.5 Å². The average Bonchev–Trinajstić information content (AvgIpc) is 2.15. The maximum Gasteiger partial charge on any atom is 0.131 e. The van der Waals surface area contributed by atoms with E-state index in [-0.39, 0.29) is 0 Å². The van der Waals surface area contributed by atoms with Crippen LogP contribution in [0.4, 0.5) is 5.82 Å². The molecule has 0 saturated carbocycles. The van der Waals surface area contributed by atoms with Gasteiger partial charge in [-0.1, -0.05) is 11.6 Å². The number of aromatic nitrogens is 1. The molecule has 1 aromatic carbocycles. The van der Waals surface area contributed by atoms with E-state index in [1.807, 2.05) is 19.1 Å². The summed E-state index contributed by atoms with van der Waals surface area (Å²) < 4.78 is 0.932. The second kappa shape index (κ2) is 3.41. The van der Waals surface area contributed by atoms with Crippen LogP contribution in [0.3, 0.4) is 0 Å². The lowest BCUT2D eigenvalue weighted by atomic mass is 10.1. The first kappa shape index (κ1) is 9.74. The van der Waals surface area contributed by atoms with Crippen molar-refractivity contribution in [3.63, 3.8) is 0 Å². The van der Waals surface area contributed by atoms with E-state index in [2.05, 4.69) is 20.9 Å². The lowest BCUT2D eigenvalue weighted by molar-refractivity contribution is 1.35. The lowest BCUT2D eigenvalue weighted by Crippen LogP contribution is -1.92. The molecule has 2 aromatic rings. The summed E-state index contributed by atoms with van der Waals surface area (Å²) >= 11 is 9.44. The maximum atomic E-state index is 6.01. The zero-order chi connectivity index (χ0) is 10.3. The van der Waals surface area contributed by atoms with Crippen molar-refractivity contribution in [2.75, 3.05) is 5.73 Å². The number of hydrogen-bond acceptors (Lipinski definition) is 2. The van der Waals surface area contributed by atoms with Gasteiger partial charge >= 0.3 is 0 Å². The molecular formula is C10H8BrClN2. The van der Waals surface area contributed by atoms with Crippen molar-refractivity contribution in [2.24, 2.45) is 0 Å². The zero-order valence-corrected chi connectivity index (χ0v) is 9.85. The van der Waals surface area contributed by atoms with Crippen molar-refractivity contribution < 1.29 is 0 Å². The number of halogens is 2. The molecule has 0 amide bonds. The molecule has 2 rings (SSSR count). The first-order valence-corrected chi connectivity index (χ1v) is 5.26. The highest BCUT2D eigenvalue weighted by molar-refractivity contribution is 9.10. The third-order valence-electron chi connectivity index (χ3n) is 2.15. The Kier molecular flexibility index (Phi) is 2.37. The molecule has 0 spiro atoms. The molecule has 0 saturated heterocycles. The number of hydrogen-bond donors (Lipinski definition) is 1. The fraction of sp³-hybridized carbons (Fsp3) is 0.100. The Balaban J connectivity index is 2.94. The zero-order valence-electron chi connectivity index (χ0n) is 7.51. The first-order chi connectivity index (χ1) is 6.59. The number of nitrogens with zero attached hydrogens (tertiary/aromatic N) is 1. The first-order valence-electron chi connectivity index (χ1n) is 4.09. The van der Waals surface area contributed by atoms with Crippen LogP contribution in [0, 0.1) is 6.92 Å². The Labute approximate surface area is 95.2 Å². The van der Waals surface area contributed by atoms with Crippen molar-refractivity contribution in [2.45, 2.75) is 6.92 Å². The number of benzene rings is 1. The van der Waals surface area contributed by atoms with E-state index in [4.69, 9.17) is 17.3 Å². The van der Waals surface area contributed by atoms with E-state index >= 15 is 0 Å². The second-order valence-electron chi connectivity index (χ2n) is 3.14. The van der Waals surface area contributed by atoms with E-state index in [9.17, 15) is 0 Å². The van der Waals surface area contributed by atoms with Crippen LogP contribution in [0.5, 0.6) is 0 Å². The molecular weight excluding hydrogens is 263 g/mol. The van der Waals surface area contributed by atoms with Crippen LogP contribution in [0.1, 0.15) is 5.56 Å². The van der Waals surface area contributed by atoms with Crippen LogP contribution in [0.15, 0.2) is 22.8 Å². The van der Waals surface area contributed by atoms with Crippen molar-refractivity contribution in [3.05, 3.63) is 33.4 Å². The van der Waals surface area contributed by atoms with E-state index in [0.29, 0.717) is 10.8 Å². The van der Waals surface area contributed by atoms with Gasteiger partial charge in [0.1, 0.15) is 5.82 Å². The van der Waals surface area contributed by atoms with Crippen LogP contribution in [-0.2, 0) is 0 Å². The highest BCUT2D eigenvalue weighted by Gasteiger charge is 2.06. The minimum absolute atomic E-state index is 0.505. The summed E-state index contributed by atoms with van der Waals surface area (Å²) in [5, 5.41) is 2.64. The fourth-order valence-electron chi connectivity index (χ4n) is 1.36. The molecule has 0 atom stereocenters. The molecule has 0 fully saturated rings. The molecule has 2 N–H and O–H groups in total. The smallest absolute Gasteiger partial charge is 0.131 e. The summed E-state index contributed by atoms with van der Waals surface area (Å²) in [5.41, 5.74) is 6.79.